The molecule has 1 aliphatic rings. The van der Waals surface area contributed by atoms with Crippen LogP contribution in [-0.4, -0.2) is 25.7 Å². The summed E-state index contributed by atoms with van der Waals surface area (Å²) in [5.41, 5.74) is 1.27. The Morgan fingerprint density at radius 2 is 1.89 bits per heavy atom. The highest BCUT2D eigenvalue weighted by Gasteiger charge is 2.25. The first-order valence-corrected chi connectivity index (χ1v) is 8.98. The lowest BCUT2D eigenvalue weighted by Gasteiger charge is -2.22. The summed E-state index contributed by atoms with van der Waals surface area (Å²) in [7, 11) is 0. The number of hydrogen-bond donors (Lipinski definition) is 1. The van der Waals surface area contributed by atoms with Gasteiger partial charge in [-0.1, -0.05) is 29.8 Å². The maximum atomic E-state index is 3.67. The first-order chi connectivity index (χ1) is 8.97. The summed E-state index contributed by atoms with van der Waals surface area (Å²) in [6.45, 7) is 7.77. The molecule has 0 aliphatic carbocycles. The third kappa shape index (κ3) is 4.19. The Labute approximate surface area is 140 Å². The zero-order chi connectivity index (χ0) is 14.0. The highest BCUT2D eigenvalue weighted by molar-refractivity contribution is 9.11. The monoisotopic (exact) mass is 452 g/mol. The van der Waals surface area contributed by atoms with Gasteiger partial charge in [0.2, 0.25) is 0 Å². The third-order valence-corrected chi connectivity index (χ3v) is 5.07. The highest BCUT2D eigenvalue weighted by atomic mass is 79.9. The molecule has 1 aliphatic heterocycles. The number of nitrogens with zero attached hydrogens (tertiary/aromatic N) is 1. The van der Waals surface area contributed by atoms with E-state index in [0.717, 1.165) is 39.0 Å². The molecule has 5 heteroatoms. The Balaban J connectivity index is 2.05. The van der Waals surface area contributed by atoms with Crippen LogP contribution in [0.1, 0.15) is 20.3 Å². The van der Waals surface area contributed by atoms with Gasteiger partial charge in [-0.15, -0.1) is 0 Å². The van der Waals surface area contributed by atoms with Crippen molar-refractivity contribution in [3.63, 3.8) is 0 Å². The third-order valence-electron chi connectivity index (χ3n) is 3.40. The highest BCUT2D eigenvalue weighted by Crippen LogP contribution is 2.39. The van der Waals surface area contributed by atoms with E-state index in [4.69, 9.17) is 0 Å². The molecule has 0 radical (unpaired) electrons. The zero-order valence-electron chi connectivity index (χ0n) is 11.2. The summed E-state index contributed by atoms with van der Waals surface area (Å²) >= 11 is 10.9. The first-order valence-electron chi connectivity index (χ1n) is 6.60. The van der Waals surface area contributed by atoms with Gasteiger partial charge in [0.25, 0.3) is 0 Å². The molecule has 106 valence electrons. The van der Waals surface area contributed by atoms with Crippen LogP contribution in [0.25, 0.3) is 0 Å². The second-order valence-corrected chi connectivity index (χ2v) is 8.01. The average Bonchev–Trinajstić information content (AvgIpc) is 2.73. The van der Waals surface area contributed by atoms with Gasteiger partial charge in [-0.2, -0.15) is 0 Å². The molecular weight excluding hydrogens is 436 g/mol. The van der Waals surface area contributed by atoms with Crippen molar-refractivity contribution in [3.05, 3.63) is 25.6 Å². The minimum atomic E-state index is 0.570. The summed E-state index contributed by atoms with van der Waals surface area (Å²) in [4.78, 5) is 2.47. The normalized spacial score (nSPS) is 19.5. The number of nitrogens with one attached hydrogen (secondary N) is 1. The lowest BCUT2D eigenvalue weighted by Crippen LogP contribution is -2.30. The molecule has 0 saturated carbocycles. The quantitative estimate of drug-likeness (QED) is 0.703. The fourth-order valence-corrected chi connectivity index (χ4v) is 5.20. The van der Waals surface area contributed by atoms with Crippen LogP contribution in [0.4, 0.5) is 5.69 Å². The van der Waals surface area contributed by atoms with E-state index in [1.807, 2.05) is 0 Å². The van der Waals surface area contributed by atoms with Crippen LogP contribution in [0.15, 0.2) is 25.6 Å². The molecule has 2 rings (SSSR count). The van der Waals surface area contributed by atoms with E-state index >= 15 is 0 Å². The van der Waals surface area contributed by atoms with Crippen molar-refractivity contribution < 1.29 is 0 Å². The Morgan fingerprint density at radius 1 is 1.26 bits per heavy atom. The topological polar surface area (TPSA) is 15.3 Å². The van der Waals surface area contributed by atoms with E-state index in [2.05, 4.69) is 84.0 Å². The first kappa shape index (κ1) is 15.8. The van der Waals surface area contributed by atoms with E-state index in [1.165, 1.54) is 12.1 Å². The molecule has 1 atom stereocenters. The Morgan fingerprint density at radius 3 is 2.47 bits per heavy atom. The van der Waals surface area contributed by atoms with Crippen molar-refractivity contribution >= 4 is 53.5 Å². The number of benzene rings is 1. The molecule has 19 heavy (non-hydrogen) atoms. The van der Waals surface area contributed by atoms with E-state index in [9.17, 15) is 0 Å². The molecule has 1 aromatic rings. The Bertz CT molecular complexity index is 425. The van der Waals surface area contributed by atoms with Gasteiger partial charge in [0.1, 0.15) is 0 Å². The van der Waals surface area contributed by atoms with Gasteiger partial charge in [0.05, 0.1) is 5.69 Å². The average molecular weight is 455 g/mol. The van der Waals surface area contributed by atoms with Crippen LogP contribution >= 0.6 is 47.8 Å². The SMILES string of the molecule is CC(C)NCC1CCN(c2c(Br)cc(Br)cc2Br)C1. The Hall–Kier alpha value is 0.420. The van der Waals surface area contributed by atoms with Gasteiger partial charge in [-0.05, 0) is 62.9 Å². The second-order valence-electron chi connectivity index (χ2n) is 5.38. The maximum Gasteiger partial charge on any atom is 0.0655 e. The predicted octanol–water partition coefficient (Wildman–Crippen LogP) is 4.80. The minimum absolute atomic E-state index is 0.570. The van der Waals surface area contributed by atoms with Gasteiger partial charge in [-0.25, -0.2) is 0 Å². The van der Waals surface area contributed by atoms with Gasteiger partial charge in [0, 0.05) is 32.5 Å². The molecule has 1 saturated heterocycles. The minimum Gasteiger partial charge on any atom is -0.369 e. The second kappa shape index (κ2) is 6.92. The van der Waals surface area contributed by atoms with E-state index < -0.39 is 0 Å². The molecular formula is C14H19Br3N2. The van der Waals surface area contributed by atoms with Gasteiger partial charge < -0.3 is 10.2 Å². The molecule has 0 bridgehead atoms. The lowest BCUT2D eigenvalue weighted by molar-refractivity contribution is 0.480. The molecule has 0 amide bonds. The van der Waals surface area contributed by atoms with Crippen molar-refractivity contribution in [1.82, 2.24) is 5.32 Å². The summed E-state index contributed by atoms with van der Waals surface area (Å²) in [6, 6.07) is 4.79. The summed E-state index contributed by atoms with van der Waals surface area (Å²) in [6.07, 6.45) is 1.26. The molecule has 0 spiro atoms. The largest absolute Gasteiger partial charge is 0.369 e. The molecule has 1 fully saturated rings. The molecule has 1 unspecified atom stereocenters. The van der Waals surface area contributed by atoms with Crippen LogP contribution in [0.3, 0.4) is 0 Å². The standard InChI is InChI=1S/C14H19Br3N2/c1-9(2)18-7-10-3-4-19(8-10)14-12(16)5-11(15)6-13(14)17/h5-6,9-10,18H,3-4,7-8H2,1-2H3. The fraction of sp³-hybridized carbons (Fsp3) is 0.571. The number of hydrogen-bond acceptors (Lipinski definition) is 2. The molecule has 1 aromatic carbocycles. The number of halogens is 3. The Kier molecular flexibility index (Phi) is 5.76. The summed E-state index contributed by atoms with van der Waals surface area (Å²) in [5.74, 6) is 0.741. The van der Waals surface area contributed by atoms with Gasteiger partial charge in [0.15, 0.2) is 0 Å². The van der Waals surface area contributed by atoms with Crippen molar-refractivity contribution in [2.24, 2.45) is 5.92 Å². The number of rotatable bonds is 4. The molecule has 1 N–H and O–H groups in total. The number of anilines is 1. The molecule has 2 nitrogen and oxygen atoms in total. The van der Waals surface area contributed by atoms with Crippen LogP contribution in [0.2, 0.25) is 0 Å². The lowest BCUT2D eigenvalue weighted by atomic mass is 10.1. The molecule has 1 heterocycles. The molecule has 0 aromatic heterocycles. The predicted molar refractivity (Wildman–Crippen MR) is 93.0 cm³/mol. The van der Waals surface area contributed by atoms with Crippen molar-refractivity contribution in [3.8, 4) is 0 Å². The van der Waals surface area contributed by atoms with E-state index in [-0.39, 0.29) is 0 Å². The maximum absolute atomic E-state index is 3.67. The van der Waals surface area contributed by atoms with Gasteiger partial charge in [-0.3, -0.25) is 0 Å². The van der Waals surface area contributed by atoms with Crippen molar-refractivity contribution in [2.45, 2.75) is 26.3 Å². The van der Waals surface area contributed by atoms with Crippen molar-refractivity contribution in [1.29, 1.82) is 0 Å². The van der Waals surface area contributed by atoms with E-state index in [0.29, 0.717) is 6.04 Å². The van der Waals surface area contributed by atoms with Gasteiger partial charge >= 0.3 is 0 Å². The summed E-state index contributed by atoms with van der Waals surface area (Å²) in [5, 5.41) is 3.54. The van der Waals surface area contributed by atoms with Crippen molar-refractivity contribution in [2.75, 3.05) is 24.5 Å². The van der Waals surface area contributed by atoms with Crippen LogP contribution in [-0.2, 0) is 0 Å². The zero-order valence-corrected chi connectivity index (χ0v) is 16.0. The summed E-state index contributed by atoms with van der Waals surface area (Å²) < 4.78 is 3.38. The smallest absolute Gasteiger partial charge is 0.0655 e. The fourth-order valence-electron chi connectivity index (χ4n) is 2.44. The van der Waals surface area contributed by atoms with Crippen LogP contribution < -0.4 is 10.2 Å². The van der Waals surface area contributed by atoms with Crippen LogP contribution in [0.5, 0.6) is 0 Å². The van der Waals surface area contributed by atoms with Crippen LogP contribution in [0, 0.1) is 5.92 Å². The van der Waals surface area contributed by atoms with E-state index in [1.54, 1.807) is 0 Å².